The highest BCUT2D eigenvalue weighted by Crippen LogP contribution is 2.18. The van der Waals surface area contributed by atoms with Crippen molar-refractivity contribution in [2.24, 2.45) is 0 Å². The molecule has 0 aliphatic rings. The van der Waals surface area contributed by atoms with Gasteiger partial charge in [-0.2, -0.15) is 5.10 Å². The summed E-state index contributed by atoms with van der Waals surface area (Å²) in [5, 5.41) is 6.95. The quantitative estimate of drug-likeness (QED) is 0.763. The fourth-order valence-corrected chi connectivity index (χ4v) is 3.37. The lowest BCUT2D eigenvalue weighted by Crippen LogP contribution is -2.18. The molecule has 0 saturated carbocycles. The monoisotopic (exact) mass is 355 g/mol. The van der Waals surface area contributed by atoms with Crippen molar-refractivity contribution in [3.8, 4) is 0 Å². The highest BCUT2D eigenvalue weighted by molar-refractivity contribution is 7.90. The summed E-state index contributed by atoms with van der Waals surface area (Å²) in [5.41, 5.74) is 1.15. The van der Waals surface area contributed by atoms with Gasteiger partial charge in [0.1, 0.15) is 5.82 Å². The molecule has 0 fully saturated rings. The predicted molar refractivity (Wildman–Crippen MR) is 95.3 cm³/mol. The summed E-state index contributed by atoms with van der Waals surface area (Å²) in [6, 6.07) is 17.5. The second kappa shape index (κ2) is 6.90. The zero-order chi connectivity index (χ0) is 17.9. The Kier molecular flexibility index (Phi) is 4.67. The molecule has 0 aliphatic heterocycles. The van der Waals surface area contributed by atoms with Crippen molar-refractivity contribution in [1.82, 2.24) is 9.78 Å². The van der Waals surface area contributed by atoms with E-state index in [0.29, 0.717) is 12.4 Å². The molecule has 0 atom stereocenters. The molecular weight excluding hydrogens is 338 g/mol. The first-order chi connectivity index (χ1) is 11.9. The van der Waals surface area contributed by atoms with E-state index >= 15 is 0 Å². The first-order valence-corrected chi connectivity index (χ1v) is 9.50. The van der Waals surface area contributed by atoms with Gasteiger partial charge in [0.15, 0.2) is 9.84 Å². The Morgan fingerprint density at radius 2 is 1.72 bits per heavy atom. The fourth-order valence-electron chi connectivity index (χ4n) is 2.48. The molecule has 6 nitrogen and oxygen atoms in total. The van der Waals surface area contributed by atoms with Crippen LogP contribution in [0.15, 0.2) is 71.8 Å². The largest absolute Gasteiger partial charge is 0.307 e. The van der Waals surface area contributed by atoms with Gasteiger partial charge >= 0.3 is 0 Å². The van der Waals surface area contributed by atoms with E-state index in [2.05, 4.69) is 10.4 Å². The molecule has 3 rings (SSSR count). The van der Waals surface area contributed by atoms with E-state index in [9.17, 15) is 13.2 Å². The van der Waals surface area contributed by atoms with Gasteiger partial charge in [0.25, 0.3) is 5.91 Å². The van der Waals surface area contributed by atoms with Crippen LogP contribution >= 0.6 is 0 Å². The maximum absolute atomic E-state index is 12.6. The molecule has 1 amide bonds. The Bertz CT molecular complexity index is 995. The summed E-state index contributed by atoms with van der Waals surface area (Å²) < 4.78 is 25.4. The molecule has 0 unspecified atom stereocenters. The number of carbonyl (C=O) groups is 1. The highest BCUT2D eigenvalue weighted by atomic mass is 32.2. The lowest BCUT2D eigenvalue weighted by atomic mass is 10.2. The van der Waals surface area contributed by atoms with Crippen LogP contribution in [0.5, 0.6) is 0 Å². The average molecular weight is 355 g/mol. The second-order valence-electron chi connectivity index (χ2n) is 5.58. The summed E-state index contributed by atoms with van der Waals surface area (Å²) in [4.78, 5) is 12.6. The maximum Gasteiger partial charge on any atom is 0.258 e. The Labute approximate surface area is 146 Å². The maximum atomic E-state index is 12.6. The number of nitrogens with zero attached hydrogens (tertiary/aromatic N) is 2. The Morgan fingerprint density at radius 3 is 2.44 bits per heavy atom. The Hall–Kier alpha value is -2.93. The van der Waals surface area contributed by atoms with E-state index in [-0.39, 0.29) is 10.5 Å². The van der Waals surface area contributed by atoms with E-state index in [1.165, 1.54) is 12.1 Å². The van der Waals surface area contributed by atoms with Crippen LogP contribution in [0.3, 0.4) is 0 Å². The van der Waals surface area contributed by atoms with Crippen molar-refractivity contribution in [3.63, 3.8) is 0 Å². The van der Waals surface area contributed by atoms with Crippen molar-refractivity contribution >= 4 is 21.6 Å². The van der Waals surface area contributed by atoms with Crippen LogP contribution < -0.4 is 5.32 Å². The minimum atomic E-state index is -3.50. The molecule has 0 saturated heterocycles. The Morgan fingerprint density at radius 1 is 1.04 bits per heavy atom. The van der Waals surface area contributed by atoms with Gasteiger partial charge in [-0.25, -0.2) is 13.1 Å². The van der Waals surface area contributed by atoms with E-state index < -0.39 is 15.7 Å². The number of carbonyl (C=O) groups excluding carboxylic acids is 1. The van der Waals surface area contributed by atoms with Gasteiger partial charge in [0.05, 0.1) is 23.2 Å². The molecule has 1 heterocycles. The number of rotatable bonds is 5. The molecule has 1 aromatic heterocycles. The molecule has 1 N–H and O–H groups in total. The van der Waals surface area contributed by atoms with Gasteiger partial charge in [-0.15, -0.1) is 0 Å². The highest BCUT2D eigenvalue weighted by Gasteiger charge is 2.19. The SMILES string of the molecule is CS(=O)(=O)c1ccccc1C(=O)Nc1ccnn1Cc1ccccc1. The smallest absolute Gasteiger partial charge is 0.258 e. The zero-order valence-electron chi connectivity index (χ0n) is 13.6. The van der Waals surface area contributed by atoms with Gasteiger partial charge in [-0.3, -0.25) is 4.79 Å². The number of anilines is 1. The van der Waals surface area contributed by atoms with Gasteiger partial charge in [0, 0.05) is 12.3 Å². The molecule has 128 valence electrons. The summed E-state index contributed by atoms with van der Waals surface area (Å²) >= 11 is 0. The first kappa shape index (κ1) is 16.9. The van der Waals surface area contributed by atoms with Crippen LogP contribution in [-0.2, 0) is 16.4 Å². The van der Waals surface area contributed by atoms with Crippen LogP contribution in [0.1, 0.15) is 15.9 Å². The molecule has 0 aliphatic carbocycles. The van der Waals surface area contributed by atoms with E-state index in [0.717, 1.165) is 11.8 Å². The van der Waals surface area contributed by atoms with Crippen molar-refractivity contribution < 1.29 is 13.2 Å². The third kappa shape index (κ3) is 3.95. The van der Waals surface area contributed by atoms with E-state index in [4.69, 9.17) is 0 Å². The molecule has 2 aromatic carbocycles. The van der Waals surface area contributed by atoms with Gasteiger partial charge in [0.2, 0.25) is 0 Å². The van der Waals surface area contributed by atoms with Crippen molar-refractivity contribution in [2.75, 3.05) is 11.6 Å². The predicted octanol–water partition coefficient (Wildman–Crippen LogP) is 2.59. The lowest BCUT2D eigenvalue weighted by molar-refractivity contribution is 0.102. The molecule has 3 aromatic rings. The van der Waals surface area contributed by atoms with Gasteiger partial charge < -0.3 is 5.32 Å². The third-order valence-corrected chi connectivity index (χ3v) is 4.82. The molecular formula is C18H17N3O3S. The van der Waals surface area contributed by atoms with Crippen LogP contribution in [0.2, 0.25) is 0 Å². The van der Waals surface area contributed by atoms with Crippen molar-refractivity contribution in [3.05, 3.63) is 78.0 Å². The summed E-state index contributed by atoms with van der Waals surface area (Å²) in [6.45, 7) is 0.497. The number of amides is 1. The third-order valence-electron chi connectivity index (χ3n) is 3.66. The molecule has 0 radical (unpaired) electrons. The molecule has 25 heavy (non-hydrogen) atoms. The summed E-state index contributed by atoms with van der Waals surface area (Å²) in [5.74, 6) is 0.00740. The van der Waals surface area contributed by atoms with E-state index in [1.807, 2.05) is 30.3 Å². The minimum absolute atomic E-state index is 0.00150. The number of aromatic nitrogens is 2. The average Bonchev–Trinajstić information content (AvgIpc) is 3.02. The van der Waals surface area contributed by atoms with Crippen LogP contribution in [0.25, 0.3) is 0 Å². The number of sulfone groups is 1. The van der Waals surface area contributed by atoms with Crippen LogP contribution in [0.4, 0.5) is 5.82 Å². The molecule has 0 spiro atoms. The standard InChI is InChI=1S/C18H17N3O3S/c1-25(23,24)16-10-6-5-9-15(16)18(22)20-17-11-12-19-21(17)13-14-7-3-2-4-8-14/h2-12H,13H2,1H3,(H,20,22). The van der Waals surface area contributed by atoms with Crippen LogP contribution in [0, 0.1) is 0 Å². The molecule has 7 heteroatoms. The Balaban J connectivity index is 1.85. The summed E-state index contributed by atoms with van der Waals surface area (Å²) in [6.07, 6.45) is 2.67. The second-order valence-corrected chi connectivity index (χ2v) is 7.57. The number of benzene rings is 2. The first-order valence-electron chi connectivity index (χ1n) is 7.61. The van der Waals surface area contributed by atoms with Gasteiger partial charge in [-0.05, 0) is 17.7 Å². The molecule has 0 bridgehead atoms. The fraction of sp³-hybridized carbons (Fsp3) is 0.111. The van der Waals surface area contributed by atoms with Crippen molar-refractivity contribution in [1.29, 1.82) is 0 Å². The number of hydrogen-bond donors (Lipinski definition) is 1. The van der Waals surface area contributed by atoms with Crippen LogP contribution in [-0.4, -0.2) is 30.4 Å². The topological polar surface area (TPSA) is 81.1 Å². The van der Waals surface area contributed by atoms with E-state index in [1.54, 1.807) is 29.1 Å². The normalized spacial score (nSPS) is 11.2. The summed E-state index contributed by atoms with van der Waals surface area (Å²) in [7, 11) is -3.50. The zero-order valence-corrected chi connectivity index (χ0v) is 14.4. The lowest BCUT2D eigenvalue weighted by Gasteiger charge is -2.11. The number of nitrogens with one attached hydrogen (secondary N) is 1. The number of hydrogen-bond acceptors (Lipinski definition) is 4. The van der Waals surface area contributed by atoms with Crippen molar-refractivity contribution in [2.45, 2.75) is 11.4 Å². The van der Waals surface area contributed by atoms with Gasteiger partial charge in [-0.1, -0.05) is 42.5 Å². The minimum Gasteiger partial charge on any atom is -0.307 e.